The van der Waals surface area contributed by atoms with E-state index in [9.17, 15) is 18.7 Å². The molecule has 5 N–H and O–H groups in total. The Kier molecular flexibility index (Phi) is 6.61. The summed E-state index contributed by atoms with van der Waals surface area (Å²) >= 11 is 5.74. The predicted molar refractivity (Wildman–Crippen MR) is 120 cm³/mol. The van der Waals surface area contributed by atoms with Gasteiger partial charge >= 0.3 is 0 Å². The number of carbonyl (C=O) groups excluding carboxylic acids is 1. The molecule has 1 aliphatic rings. The van der Waals surface area contributed by atoms with Gasteiger partial charge in [0, 0.05) is 23.0 Å². The molecule has 1 aliphatic carbocycles. The second-order valence-electron chi connectivity index (χ2n) is 8.21. The lowest BCUT2D eigenvalue weighted by Gasteiger charge is -2.29. The molecule has 176 valence electrons. The van der Waals surface area contributed by atoms with E-state index >= 15 is 0 Å². The Labute approximate surface area is 193 Å². The lowest BCUT2D eigenvalue weighted by Crippen LogP contribution is -2.29. The van der Waals surface area contributed by atoms with Crippen LogP contribution in [0.2, 0.25) is 5.02 Å². The summed E-state index contributed by atoms with van der Waals surface area (Å²) in [5.74, 6) is -1.79. The summed E-state index contributed by atoms with van der Waals surface area (Å²) in [6.07, 6.45) is 3.89. The van der Waals surface area contributed by atoms with Crippen LogP contribution in [0.4, 0.5) is 26.4 Å². The number of halogens is 3. The van der Waals surface area contributed by atoms with Crippen molar-refractivity contribution in [1.29, 1.82) is 0 Å². The van der Waals surface area contributed by atoms with Gasteiger partial charge in [0.1, 0.15) is 11.2 Å². The van der Waals surface area contributed by atoms with Crippen LogP contribution in [0.1, 0.15) is 38.6 Å². The van der Waals surface area contributed by atoms with Gasteiger partial charge in [-0.15, -0.1) is 0 Å². The number of nitrogens with two attached hydrogens (primary N) is 1. The topological polar surface area (TPSA) is 131 Å². The van der Waals surface area contributed by atoms with Crippen molar-refractivity contribution in [2.75, 3.05) is 17.2 Å². The van der Waals surface area contributed by atoms with Crippen LogP contribution < -0.4 is 16.4 Å². The Morgan fingerprint density at radius 2 is 1.94 bits per heavy atom. The van der Waals surface area contributed by atoms with E-state index in [4.69, 9.17) is 17.3 Å². The minimum Gasteiger partial charge on any atom is -0.394 e. The number of anilines is 3. The van der Waals surface area contributed by atoms with Crippen molar-refractivity contribution in [3.8, 4) is 0 Å². The summed E-state index contributed by atoms with van der Waals surface area (Å²) in [6, 6.07) is 1.61. The SMILES string of the molecule is CC(CO)Nc1ncc2nc(Nc3c(F)cc(Cl)cc3F)n(C3CCC(C(N)=O)CC3)c2n1. The highest BCUT2D eigenvalue weighted by atomic mass is 35.5. The number of nitrogens with one attached hydrogen (secondary N) is 2. The number of imidazole rings is 1. The number of primary amides is 1. The van der Waals surface area contributed by atoms with Gasteiger partial charge in [-0.3, -0.25) is 9.36 Å². The predicted octanol–water partition coefficient (Wildman–Crippen LogP) is 3.51. The summed E-state index contributed by atoms with van der Waals surface area (Å²) < 4.78 is 30.7. The van der Waals surface area contributed by atoms with Crippen LogP contribution >= 0.6 is 11.6 Å². The number of nitrogens with zero attached hydrogens (tertiary/aromatic N) is 4. The van der Waals surface area contributed by atoms with Crippen molar-refractivity contribution in [3.05, 3.63) is 35.0 Å². The Hall–Kier alpha value is -3.05. The summed E-state index contributed by atoms with van der Waals surface area (Å²) in [5.41, 5.74) is 5.96. The average molecular weight is 480 g/mol. The molecular formula is C21H24ClF2N7O2. The summed E-state index contributed by atoms with van der Waals surface area (Å²) in [5, 5.41) is 15.0. The quantitative estimate of drug-likeness (QED) is 0.407. The van der Waals surface area contributed by atoms with Crippen LogP contribution in [0.3, 0.4) is 0 Å². The Bertz CT molecular complexity index is 1160. The molecule has 0 aliphatic heterocycles. The van der Waals surface area contributed by atoms with Gasteiger partial charge < -0.3 is 21.5 Å². The number of carbonyl (C=O) groups is 1. The number of aliphatic hydroxyl groups excluding tert-OH is 1. The molecule has 0 radical (unpaired) electrons. The number of hydrogen-bond acceptors (Lipinski definition) is 7. The first kappa shape index (κ1) is 23.1. The van der Waals surface area contributed by atoms with E-state index in [1.807, 2.05) is 0 Å². The van der Waals surface area contributed by atoms with E-state index in [-0.39, 0.29) is 53.1 Å². The maximum Gasteiger partial charge on any atom is 0.225 e. The largest absolute Gasteiger partial charge is 0.394 e. The van der Waals surface area contributed by atoms with Crippen molar-refractivity contribution < 1.29 is 18.7 Å². The molecule has 4 rings (SSSR count). The molecule has 1 amide bonds. The molecule has 1 unspecified atom stereocenters. The van der Waals surface area contributed by atoms with Crippen molar-refractivity contribution >= 4 is 46.3 Å². The van der Waals surface area contributed by atoms with Gasteiger partial charge in [0.15, 0.2) is 17.3 Å². The van der Waals surface area contributed by atoms with Gasteiger partial charge in [0.2, 0.25) is 17.8 Å². The minimum absolute atomic E-state index is 0.0617. The lowest BCUT2D eigenvalue weighted by atomic mass is 9.85. The molecule has 3 aromatic rings. The fourth-order valence-corrected chi connectivity index (χ4v) is 4.24. The van der Waals surface area contributed by atoms with Crippen LogP contribution in [0.5, 0.6) is 0 Å². The van der Waals surface area contributed by atoms with Crippen LogP contribution in [0.25, 0.3) is 11.2 Å². The molecule has 2 heterocycles. The third-order valence-electron chi connectivity index (χ3n) is 5.79. The zero-order valence-corrected chi connectivity index (χ0v) is 18.6. The van der Waals surface area contributed by atoms with Gasteiger partial charge in [-0.05, 0) is 44.7 Å². The normalized spacial score (nSPS) is 19.4. The maximum atomic E-state index is 14.5. The Morgan fingerprint density at radius 1 is 1.27 bits per heavy atom. The zero-order chi connectivity index (χ0) is 23.7. The number of hydrogen-bond donors (Lipinski definition) is 4. The fourth-order valence-electron chi connectivity index (χ4n) is 4.05. The molecule has 1 saturated carbocycles. The summed E-state index contributed by atoms with van der Waals surface area (Å²) in [4.78, 5) is 24.8. The standard InChI is InChI=1S/C21H24ClF2N7O2/c1-10(9-32)27-20-26-8-16-19(30-20)31(13-4-2-11(3-5-13)18(25)33)21(28-16)29-17-14(23)6-12(22)7-15(17)24/h6-8,10-11,13,32H,2-5,9H2,1H3,(H2,25,33)(H,28,29)(H,26,27,30). The van der Waals surface area contributed by atoms with E-state index in [2.05, 4.69) is 25.6 Å². The third-order valence-corrected chi connectivity index (χ3v) is 6.01. The molecule has 9 nitrogen and oxygen atoms in total. The third kappa shape index (κ3) is 4.83. The highest BCUT2D eigenvalue weighted by Crippen LogP contribution is 2.37. The van der Waals surface area contributed by atoms with Gasteiger partial charge in [-0.2, -0.15) is 4.98 Å². The highest BCUT2D eigenvalue weighted by Gasteiger charge is 2.29. The second-order valence-corrected chi connectivity index (χ2v) is 8.65. The van der Waals surface area contributed by atoms with Crippen LogP contribution in [-0.2, 0) is 4.79 Å². The smallest absolute Gasteiger partial charge is 0.225 e. The molecule has 33 heavy (non-hydrogen) atoms. The van der Waals surface area contributed by atoms with Crippen molar-refractivity contribution in [3.63, 3.8) is 0 Å². The van der Waals surface area contributed by atoms with Crippen LogP contribution in [-0.4, -0.2) is 43.2 Å². The van der Waals surface area contributed by atoms with E-state index < -0.39 is 11.6 Å². The molecule has 2 aromatic heterocycles. The van der Waals surface area contributed by atoms with E-state index in [1.165, 1.54) is 6.20 Å². The second kappa shape index (κ2) is 9.44. The molecular weight excluding hydrogens is 456 g/mol. The zero-order valence-electron chi connectivity index (χ0n) is 17.9. The Morgan fingerprint density at radius 3 is 2.55 bits per heavy atom. The molecule has 1 aromatic carbocycles. The maximum absolute atomic E-state index is 14.5. The number of aromatic nitrogens is 4. The first-order valence-electron chi connectivity index (χ1n) is 10.6. The van der Waals surface area contributed by atoms with Crippen molar-refractivity contribution in [1.82, 2.24) is 19.5 Å². The van der Waals surface area contributed by atoms with E-state index in [0.29, 0.717) is 36.8 Å². The number of amides is 1. The lowest BCUT2D eigenvalue weighted by molar-refractivity contribution is -0.122. The average Bonchev–Trinajstić information content (AvgIpc) is 3.13. The number of aliphatic hydroxyl groups is 1. The Balaban J connectivity index is 1.77. The summed E-state index contributed by atoms with van der Waals surface area (Å²) in [7, 11) is 0. The molecule has 0 saturated heterocycles. The number of fused-ring (bicyclic) bond motifs is 1. The number of rotatable bonds is 7. The molecule has 1 atom stereocenters. The van der Waals surface area contributed by atoms with E-state index in [0.717, 1.165) is 12.1 Å². The van der Waals surface area contributed by atoms with E-state index in [1.54, 1.807) is 11.5 Å². The van der Waals surface area contributed by atoms with Gasteiger partial charge in [-0.25, -0.2) is 18.7 Å². The minimum atomic E-state index is -0.860. The van der Waals surface area contributed by atoms with Crippen molar-refractivity contribution in [2.24, 2.45) is 11.7 Å². The molecule has 0 spiro atoms. The van der Waals surface area contributed by atoms with Gasteiger partial charge in [0.05, 0.1) is 12.8 Å². The molecule has 1 fully saturated rings. The van der Waals surface area contributed by atoms with Crippen molar-refractivity contribution in [2.45, 2.75) is 44.7 Å². The molecule has 0 bridgehead atoms. The first-order chi connectivity index (χ1) is 15.8. The summed E-state index contributed by atoms with van der Waals surface area (Å²) in [6.45, 7) is 1.66. The highest BCUT2D eigenvalue weighted by molar-refractivity contribution is 6.30. The monoisotopic (exact) mass is 479 g/mol. The first-order valence-corrected chi connectivity index (χ1v) is 11.0. The van der Waals surface area contributed by atoms with Crippen LogP contribution in [0, 0.1) is 17.6 Å². The van der Waals surface area contributed by atoms with Gasteiger partial charge in [-0.1, -0.05) is 11.6 Å². The van der Waals surface area contributed by atoms with Gasteiger partial charge in [0.25, 0.3) is 0 Å². The fraction of sp³-hybridized carbons (Fsp3) is 0.429. The number of benzene rings is 1. The molecule has 12 heteroatoms. The van der Waals surface area contributed by atoms with Crippen LogP contribution in [0.15, 0.2) is 18.3 Å².